The maximum atomic E-state index is 10.6. The first kappa shape index (κ1) is 13.5. The third-order valence-corrected chi connectivity index (χ3v) is 3.67. The van der Waals surface area contributed by atoms with Crippen molar-refractivity contribution in [3.8, 4) is 0 Å². The van der Waals surface area contributed by atoms with E-state index in [0.29, 0.717) is 5.92 Å². The fourth-order valence-corrected chi connectivity index (χ4v) is 2.41. The van der Waals surface area contributed by atoms with Gasteiger partial charge in [0.1, 0.15) is 0 Å². The van der Waals surface area contributed by atoms with Crippen LogP contribution < -0.4 is 0 Å². The van der Waals surface area contributed by atoms with E-state index in [1.807, 2.05) is 0 Å². The smallest absolute Gasteiger partial charge is 0.306 e. The summed E-state index contributed by atoms with van der Waals surface area (Å²) in [6, 6.07) is 0. The molecule has 1 rings (SSSR count). The zero-order valence-electron chi connectivity index (χ0n) is 10.6. The van der Waals surface area contributed by atoms with Gasteiger partial charge in [-0.3, -0.25) is 4.79 Å². The van der Waals surface area contributed by atoms with Crippen molar-refractivity contribution in [3.05, 3.63) is 0 Å². The summed E-state index contributed by atoms with van der Waals surface area (Å²) in [5, 5.41) is 8.75. The van der Waals surface area contributed by atoms with Gasteiger partial charge in [0, 0.05) is 0 Å². The maximum Gasteiger partial charge on any atom is 0.306 e. The maximum absolute atomic E-state index is 10.6. The fourth-order valence-electron chi connectivity index (χ4n) is 2.41. The number of rotatable bonds is 10. The summed E-state index contributed by atoms with van der Waals surface area (Å²) in [4.78, 5) is 10.6. The van der Waals surface area contributed by atoms with Gasteiger partial charge in [-0.25, -0.2) is 0 Å². The molecule has 0 bridgehead atoms. The van der Waals surface area contributed by atoms with Gasteiger partial charge in [0.05, 0.1) is 5.92 Å². The molecule has 94 valence electrons. The largest absolute Gasteiger partial charge is 0.481 e. The molecule has 1 aliphatic rings. The third-order valence-electron chi connectivity index (χ3n) is 3.67. The third kappa shape index (κ3) is 5.53. The second kappa shape index (κ2) is 7.70. The SMILES string of the molecule is CCCCCCCCCCC1CC1C(=O)O. The lowest BCUT2D eigenvalue weighted by Crippen LogP contribution is -1.99. The minimum absolute atomic E-state index is 0.00422. The number of unbranched alkanes of at least 4 members (excludes halogenated alkanes) is 7. The van der Waals surface area contributed by atoms with E-state index in [0.717, 1.165) is 12.8 Å². The number of aliphatic carboxylic acids is 1. The number of carboxylic acid groups (broad SMARTS) is 1. The molecule has 1 saturated carbocycles. The van der Waals surface area contributed by atoms with E-state index in [9.17, 15) is 4.79 Å². The van der Waals surface area contributed by atoms with E-state index in [2.05, 4.69) is 6.92 Å². The van der Waals surface area contributed by atoms with Crippen LogP contribution in [0.4, 0.5) is 0 Å². The molecule has 2 atom stereocenters. The molecule has 0 spiro atoms. The van der Waals surface area contributed by atoms with E-state index in [-0.39, 0.29) is 5.92 Å². The molecule has 0 heterocycles. The van der Waals surface area contributed by atoms with Crippen molar-refractivity contribution < 1.29 is 9.90 Å². The Bertz CT molecular complexity index is 201. The van der Waals surface area contributed by atoms with E-state index in [1.165, 1.54) is 51.4 Å². The number of carbonyl (C=O) groups is 1. The highest BCUT2D eigenvalue weighted by molar-refractivity contribution is 5.73. The molecule has 0 aromatic heterocycles. The predicted molar refractivity (Wildman–Crippen MR) is 66.5 cm³/mol. The van der Waals surface area contributed by atoms with Crippen molar-refractivity contribution in [3.63, 3.8) is 0 Å². The van der Waals surface area contributed by atoms with Crippen LogP contribution in [0, 0.1) is 11.8 Å². The van der Waals surface area contributed by atoms with Gasteiger partial charge < -0.3 is 5.11 Å². The van der Waals surface area contributed by atoms with E-state index < -0.39 is 5.97 Å². The summed E-state index contributed by atoms with van der Waals surface area (Å²) in [5.41, 5.74) is 0. The van der Waals surface area contributed by atoms with Crippen molar-refractivity contribution >= 4 is 5.97 Å². The van der Waals surface area contributed by atoms with Gasteiger partial charge in [0.15, 0.2) is 0 Å². The Hall–Kier alpha value is -0.530. The quantitative estimate of drug-likeness (QED) is 0.566. The Kier molecular flexibility index (Phi) is 6.51. The summed E-state index contributed by atoms with van der Waals surface area (Å²) in [6.07, 6.45) is 12.8. The molecule has 2 heteroatoms. The molecule has 1 aliphatic carbocycles. The number of hydrogen-bond acceptors (Lipinski definition) is 1. The molecule has 2 unspecified atom stereocenters. The van der Waals surface area contributed by atoms with Gasteiger partial charge in [0.25, 0.3) is 0 Å². The van der Waals surface area contributed by atoms with Crippen LogP contribution in [0.15, 0.2) is 0 Å². The topological polar surface area (TPSA) is 37.3 Å². The van der Waals surface area contributed by atoms with Crippen LogP contribution in [-0.2, 0) is 4.79 Å². The van der Waals surface area contributed by atoms with E-state index >= 15 is 0 Å². The van der Waals surface area contributed by atoms with Crippen molar-refractivity contribution in [1.82, 2.24) is 0 Å². The molecule has 0 aliphatic heterocycles. The van der Waals surface area contributed by atoms with Gasteiger partial charge in [-0.15, -0.1) is 0 Å². The molecule has 0 radical (unpaired) electrons. The molecule has 0 saturated heterocycles. The van der Waals surface area contributed by atoms with Crippen molar-refractivity contribution in [2.24, 2.45) is 11.8 Å². The minimum atomic E-state index is -0.579. The Balaban J connectivity index is 1.78. The monoisotopic (exact) mass is 226 g/mol. The van der Waals surface area contributed by atoms with Crippen molar-refractivity contribution in [2.45, 2.75) is 71.1 Å². The van der Waals surface area contributed by atoms with Gasteiger partial charge in [-0.05, 0) is 18.8 Å². The lowest BCUT2D eigenvalue weighted by atomic mass is 10.1. The standard InChI is InChI=1S/C14H26O2/c1-2-3-4-5-6-7-8-9-10-12-11-13(12)14(15)16/h12-13H,2-11H2,1H3,(H,15,16). The van der Waals surface area contributed by atoms with Crippen LogP contribution in [0.5, 0.6) is 0 Å². The zero-order valence-corrected chi connectivity index (χ0v) is 10.6. The first-order valence-corrected chi connectivity index (χ1v) is 6.98. The molecule has 2 nitrogen and oxygen atoms in total. The summed E-state index contributed by atoms with van der Waals surface area (Å²) in [6.45, 7) is 2.24. The van der Waals surface area contributed by atoms with Crippen LogP contribution >= 0.6 is 0 Å². The van der Waals surface area contributed by atoms with Crippen molar-refractivity contribution in [2.75, 3.05) is 0 Å². The molecule has 0 aromatic carbocycles. The zero-order chi connectivity index (χ0) is 11.8. The van der Waals surface area contributed by atoms with Crippen LogP contribution in [0.1, 0.15) is 71.1 Å². The molecule has 1 N–H and O–H groups in total. The second-order valence-electron chi connectivity index (χ2n) is 5.20. The Morgan fingerprint density at radius 2 is 1.62 bits per heavy atom. The van der Waals surface area contributed by atoms with Gasteiger partial charge in [-0.1, -0.05) is 58.3 Å². The lowest BCUT2D eigenvalue weighted by molar-refractivity contribution is -0.138. The minimum Gasteiger partial charge on any atom is -0.481 e. The first-order chi connectivity index (χ1) is 7.75. The number of hydrogen-bond donors (Lipinski definition) is 1. The molecular formula is C14H26O2. The summed E-state index contributed by atoms with van der Waals surface area (Å²) < 4.78 is 0. The van der Waals surface area contributed by atoms with Gasteiger partial charge in [-0.2, -0.15) is 0 Å². The van der Waals surface area contributed by atoms with Crippen LogP contribution in [-0.4, -0.2) is 11.1 Å². The highest BCUT2D eigenvalue weighted by atomic mass is 16.4. The van der Waals surface area contributed by atoms with Gasteiger partial charge in [0.2, 0.25) is 0 Å². The normalized spacial score (nSPS) is 23.3. The van der Waals surface area contributed by atoms with Crippen LogP contribution in [0.3, 0.4) is 0 Å². The van der Waals surface area contributed by atoms with E-state index in [4.69, 9.17) is 5.11 Å². The molecule has 0 amide bonds. The van der Waals surface area contributed by atoms with Crippen LogP contribution in [0.2, 0.25) is 0 Å². The predicted octanol–water partition coefficient (Wildman–Crippen LogP) is 4.24. The lowest BCUT2D eigenvalue weighted by Gasteiger charge is -2.01. The highest BCUT2D eigenvalue weighted by Gasteiger charge is 2.42. The summed E-state index contributed by atoms with van der Waals surface area (Å²) in [5.74, 6) is -0.0632. The molecule has 0 aromatic rings. The molecule has 16 heavy (non-hydrogen) atoms. The fraction of sp³-hybridized carbons (Fsp3) is 0.929. The Labute approximate surface area is 99.4 Å². The Morgan fingerprint density at radius 3 is 2.12 bits per heavy atom. The molecule has 1 fully saturated rings. The van der Waals surface area contributed by atoms with E-state index in [1.54, 1.807) is 0 Å². The second-order valence-corrected chi connectivity index (χ2v) is 5.20. The average Bonchev–Trinajstić information content (AvgIpc) is 3.01. The van der Waals surface area contributed by atoms with Crippen LogP contribution in [0.25, 0.3) is 0 Å². The van der Waals surface area contributed by atoms with Crippen molar-refractivity contribution in [1.29, 1.82) is 0 Å². The summed E-state index contributed by atoms with van der Waals surface area (Å²) in [7, 11) is 0. The molecular weight excluding hydrogens is 200 g/mol. The first-order valence-electron chi connectivity index (χ1n) is 6.98. The summed E-state index contributed by atoms with van der Waals surface area (Å²) >= 11 is 0. The average molecular weight is 226 g/mol. The number of carboxylic acids is 1. The van der Waals surface area contributed by atoms with Gasteiger partial charge >= 0.3 is 5.97 Å². The Morgan fingerprint density at radius 1 is 1.06 bits per heavy atom. The highest BCUT2D eigenvalue weighted by Crippen LogP contribution is 2.42.